The van der Waals surface area contributed by atoms with E-state index < -0.39 is 5.60 Å². The van der Waals surface area contributed by atoms with E-state index in [9.17, 15) is 9.90 Å². The highest BCUT2D eigenvalue weighted by Crippen LogP contribution is 2.36. The van der Waals surface area contributed by atoms with E-state index in [1.165, 1.54) is 7.11 Å². The van der Waals surface area contributed by atoms with Crippen LogP contribution in [0.2, 0.25) is 10.2 Å². The molecule has 1 aromatic heterocycles. The number of methoxy groups -OCH3 is 1. The number of piperidine rings is 1. The number of amides is 1. The Morgan fingerprint density at radius 1 is 1.21 bits per heavy atom. The number of rotatable bonds is 3. The van der Waals surface area contributed by atoms with Gasteiger partial charge in [0.25, 0.3) is 5.91 Å². The maximum absolute atomic E-state index is 13.0. The van der Waals surface area contributed by atoms with Gasteiger partial charge < -0.3 is 14.7 Å². The van der Waals surface area contributed by atoms with Crippen LogP contribution in [0.25, 0.3) is 0 Å². The van der Waals surface area contributed by atoms with Gasteiger partial charge in [0.2, 0.25) is 5.88 Å². The normalized spacial score (nSPS) is 24.8. The van der Waals surface area contributed by atoms with Gasteiger partial charge in [0.05, 0.1) is 12.7 Å². The zero-order chi connectivity index (χ0) is 20.6. The Morgan fingerprint density at radius 2 is 1.97 bits per heavy atom. The van der Waals surface area contributed by atoms with Crippen LogP contribution in [0.1, 0.15) is 28.8 Å². The van der Waals surface area contributed by atoms with Gasteiger partial charge in [-0.05, 0) is 36.6 Å². The quantitative estimate of drug-likeness (QED) is 0.749. The minimum Gasteiger partial charge on any atom is -0.481 e. The number of pyridine rings is 1. The smallest absolute Gasteiger partial charge is 0.257 e. The van der Waals surface area contributed by atoms with Crippen LogP contribution in [0.4, 0.5) is 0 Å². The molecule has 2 atom stereocenters. The van der Waals surface area contributed by atoms with Gasteiger partial charge in [0.15, 0.2) is 0 Å². The number of hydrogen-bond acceptors (Lipinski definition) is 5. The summed E-state index contributed by atoms with van der Waals surface area (Å²) in [5, 5.41) is 12.0. The van der Waals surface area contributed by atoms with Crippen LogP contribution >= 0.6 is 23.2 Å². The molecule has 2 saturated heterocycles. The number of hydrogen-bond donors (Lipinski definition) is 1. The maximum Gasteiger partial charge on any atom is 0.257 e. The van der Waals surface area contributed by atoms with Crippen molar-refractivity contribution in [3.63, 3.8) is 0 Å². The molecule has 3 heterocycles. The number of nitrogens with zero attached hydrogens (tertiary/aromatic N) is 3. The van der Waals surface area contributed by atoms with Gasteiger partial charge in [-0.1, -0.05) is 35.3 Å². The van der Waals surface area contributed by atoms with E-state index in [0.29, 0.717) is 49.1 Å². The Kier molecular flexibility index (Phi) is 5.71. The lowest BCUT2D eigenvalue weighted by Crippen LogP contribution is -2.60. The third-order valence-electron chi connectivity index (χ3n) is 5.89. The molecular formula is C21H23Cl2N3O3. The molecule has 29 heavy (non-hydrogen) atoms. The van der Waals surface area contributed by atoms with E-state index in [1.807, 2.05) is 29.2 Å². The fourth-order valence-corrected chi connectivity index (χ4v) is 4.59. The van der Waals surface area contributed by atoms with Gasteiger partial charge >= 0.3 is 0 Å². The molecule has 0 radical (unpaired) electrons. The van der Waals surface area contributed by atoms with E-state index >= 15 is 0 Å². The molecule has 1 amide bonds. The third kappa shape index (κ3) is 4.08. The Balaban J connectivity index is 1.44. The van der Waals surface area contributed by atoms with E-state index in [-0.39, 0.29) is 17.1 Å². The molecule has 1 aromatic carbocycles. The molecule has 0 unspecified atom stereocenters. The summed E-state index contributed by atoms with van der Waals surface area (Å²) < 4.78 is 5.05. The molecule has 4 rings (SSSR count). The second-order valence-corrected chi connectivity index (χ2v) is 8.44. The van der Waals surface area contributed by atoms with E-state index in [1.54, 1.807) is 12.1 Å². The van der Waals surface area contributed by atoms with Crippen molar-refractivity contribution >= 4 is 29.1 Å². The molecule has 6 nitrogen and oxygen atoms in total. The summed E-state index contributed by atoms with van der Waals surface area (Å²) in [6.07, 6.45) is 1.44. The van der Waals surface area contributed by atoms with Gasteiger partial charge in [-0.2, -0.15) is 0 Å². The lowest BCUT2D eigenvalue weighted by molar-refractivity contribution is -0.0740. The number of halogens is 2. The molecule has 0 aliphatic carbocycles. The molecule has 2 aromatic rings. The number of carbonyl (C=O) groups is 1. The summed E-state index contributed by atoms with van der Waals surface area (Å²) in [6, 6.07) is 10.9. The number of carbonyl (C=O) groups excluding carboxylic acids is 1. The molecule has 154 valence electrons. The van der Waals surface area contributed by atoms with Crippen LogP contribution in [0, 0.1) is 0 Å². The zero-order valence-corrected chi connectivity index (χ0v) is 17.7. The van der Waals surface area contributed by atoms with Crippen molar-refractivity contribution in [3.05, 3.63) is 57.7 Å². The number of benzene rings is 1. The lowest BCUT2D eigenvalue weighted by atomic mass is 9.82. The first-order valence-corrected chi connectivity index (χ1v) is 10.4. The standard InChI is InChI=1S/C21H23Cl2N3O3/c1-29-18-7-6-17(19(23)24-18)20(27)25-10-11-26-13-21(28,9-8-16(26)12-25)14-2-4-15(22)5-3-14/h2-7,16,28H,8-13H2,1H3/t16-,21-/m1/s1. The largest absolute Gasteiger partial charge is 0.481 e. The van der Waals surface area contributed by atoms with E-state index in [2.05, 4.69) is 9.88 Å². The van der Waals surface area contributed by atoms with Crippen LogP contribution in [0.5, 0.6) is 5.88 Å². The first kappa shape index (κ1) is 20.4. The highest BCUT2D eigenvalue weighted by molar-refractivity contribution is 6.32. The lowest BCUT2D eigenvalue weighted by Gasteiger charge is -2.49. The van der Waals surface area contributed by atoms with Crippen LogP contribution in [-0.2, 0) is 5.60 Å². The van der Waals surface area contributed by atoms with Gasteiger partial charge in [0.1, 0.15) is 10.8 Å². The molecule has 2 aliphatic heterocycles. The van der Waals surface area contributed by atoms with Crippen molar-refractivity contribution in [2.45, 2.75) is 24.5 Å². The average Bonchev–Trinajstić information content (AvgIpc) is 2.73. The third-order valence-corrected chi connectivity index (χ3v) is 6.43. The van der Waals surface area contributed by atoms with Crippen LogP contribution in [0.15, 0.2) is 36.4 Å². The highest BCUT2D eigenvalue weighted by atomic mass is 35.5. The number of fused-ring (bicyclic) bond motifs is 1. The SMILES string of the molecule is COc1ccc(C(=O)N2CCN3C[C@@](O)(c4ccc(Cl)cc4)CC[C@@H]3C2)c(Cl)n1. The summed E-state index contributed by atoms with van der Waals surface area (Å²) in [6.45, 7) is 2.44. The van der Waals surface area contributed by atoms with Gasteiger partial charge in [-0.25, -0.2) is 4.98 Å². The molecule has 1 N–H and O–H groups in total. The second kappa shape index (κ2) is 8.11. The number of aromatic nitrogens is 1. The number of aliphatic hydroxyl groups is 1. The minimum atomic E-state index is -0.892. The number of ether oxygens (including phenoxy) is 1. The van der Waals surface area contributed by atoms with Crippen molar-refractivity contribution in [1.82, 2.24) is 14.8 Å². The average molecular weight is 436 g/mol. The highest BCUT2D eigenvalue weighted by Gasteiger charge is 2.42. The summed E-state index contributed by atoms with van der Waals surface area (Å²) >= 11 is 12.2. The maximum atomic E-state index is 13.0. The molecule has 2 aliphatic rings. The Morgan fingerprint density at radius 3 is 2.66 bits per heavy atom. The zero-order valence-electron chi connectivity index (χ0n) is 16.1. The summed E-state index contributed by atoms with van der Waals surface area (Å²) in [5.41, 5.74) is 0.376. The fraction of sp³-hybridized carbons (Fsp3) is 0.429. The minimum absolute atomic E-state index is 0.122. The van der Waals surface area contributed by atoms with Crippen LogP contribution < -0.4 is 4.74 Å². The molecule has 0 spiro atoms. The fourth-order valence-electron chi connectivity index (χ4n) is 4.24. The van der Waals surface area contributed by atoms with Crippen LogP contribution in [-0.4, -0.2) is 65.1 Å². The predicted molar refractivity (Wildman–Crippen MR) is 112 cm³/mol. The molecule has 0 bridgehead atoms. The summed E-state index contributed by atoms with van der Waals surface area (Å²) in [4.78, 5) is 21.1. The van der Waals surface area contributed by atoms with Crippen molar-refractivity contribution in [2.24, 2.45) is 0 Å². The molecule has 0 saturated carbocycles. The van der Waals surface area contributed by atoms with Gasteiger partial charge in [-0.15, -0.1) is 0 Å². The van der Waals surface area contributed by atoms with Gasteiger partial charge in [-0.3, -0.25) is 9.69 Å². The Hall–Kier alpha value is -1.86. The van der Waals surface area contributed by atoms with Crippen molar-refractivity contribution in [2.75, 3.05) is 33.3 Å². The van der Waals surface area contributed by atoms with E-state index in [0.717, 1.165) is 12.0 Å². The Labute approximate surface area is 180 Å². The summed E-state index contributed by atoms with van der Waals surface area (Å²) in [7, 11) is 1.51. The Bertz CT molecular complexity index is 909. The van der Waals surface area contributed by atoms with E-state index in [4.69, 9.17) is 27.9 Å². The summed E-state index contributed by atoms with van der Waals surface area (Å²) in [5.74, 6) is 0.258. The topological polar surface area (TPSA) is 65.9 Å². The van der Waals surface area contributed by atoms with Crippen molar-refractivity contribution < 1.29 is 14.6 Å². The van der Waals surface area contributed by atoms with Crippen molar-refractivity contribution in [3.8, 4) is 5.88 Å². The van der Waals surface area contributed by atoms with Gasteiger partial charge in [0, 0.05) is 43.3 Å². The van der Waals surface area contributed by atoms with Crippen molar-refractivity contribution in [1.29, 1.82) is 0 Å². The first-order chi connectivity index (χ1) is 13.9. The van der Waals surface area contributed by atoms with Crippen LogP contribution in [0.3, 0.4) is 0 Å². The predicted octanol–water partition coefficient (Wildman–Crippen LogP) is 3.21. The molecule has 2 fully saturated rings. The second-order valence-electron chi connectivity index (χ2n) is 7.64. The first-order valence-electron chi connectivity index (χ1n) is 9.62. The number of piperazine rings is 1. The monoisotopic (exact) mass is 435 g/mol. The molecular weight excluding hydrogens is 413 g/mol. The molecule has 8 heteroatoms.